The Morgan fingerprint density at radius 3 is 2.21 bits per heavy atom. The smallest absolute Gasteiger partial charge is 0.301 e. The van der Waals surface area contributed by atoms with E-state index in [0.29, 0.717) is 17.0 Å². The lowest BCUT2D eigenvalue weighted by atomic mass is 10.1. The highest BCUT2D eigenvalue weighted by molar-refractivity contribution is 6.45. The molecule has 1 heterocycles. The van der Waals surface area contributed by atoms with E-state index in [4.69, 9.17) is 4.74 Å². The third-order valence-corrected chi connectivity index (χ3v) is 3.59. The molecule has 0 saturated heterocycles. The number of hydrogen-bond donors (Lipinski definition) is 1. The van der Waals surface area contributed by atoms with Crippen LogP contribution in [0.25, 0.3) is 5.57 Å². The molecule has 1 aliphatic rings. The molecule has 0 aliphatic carbocycles. The molecule has 0 unspecified atom stereocenters. The number of hydrogen-bond acceptors (Lipinski definition) is 4. The molecule has 1 N–H and O–H groups in total. The third kappa shape index (κ3) is 2.65. The fraction of sp³-hybridized carbons (Fsp3) is 0.158. The molecule has 0 radical (unpaired) electrons. The van der Waals surface area contributed by atoms with Crippen molar-refractivity contribution >= 4 is 23.1 Å². The van der Waals surface area contributed by atoms with Crippen LogP contribution in [0.4, 0.5) is 5.69 Å². The molecule has 2 amide bonds. The number of aliphatic hydroxyl groups is 1. The van der Waals surface area contributed by atoms with Crippen LogP contribution in [-0.4, -0.2) is 23.0 Å². The van der Waals surface area contributed by atoms with Gasteiger partial charge in [0, 0.05) is 0 Å². The molecule has 2 aromatic carbocycles. The minimum atomic E-state index is -0.751. The number of rotatable bonds is 4. The van der Waals surface area contributed by atoms with E-state index in [1.807, 2.05) is 13.8 Å². The van der Waals surface area contributed by atoms with E-state index in [0.717, 1.165) is 4.90 Å². The molecule has 0 atom stereocenters. The summed E-state index contributed by atoms with van der Waals surface area (Å²) >= 11 is 0. The van der Waals surface area contributed by atoms with Gasteiger partial charge in [-0.3, -0.25) is 9.59 Å². The Kier molecular flexibility index (Phi) is 4.08. The highest BCUT2D eigenvalue weighted by Crippen LogP contribution is 2.36. The summed E-state index contributed by atoms with van der Waals surface area (Å²) in [5.74, 6) is -1.45. The first-order valence-electron chi connectivity index (χ1n) is 7.64. The molecular weight excluding hydrogens is 306 g/mol. The molecule has 0 spiro atoms. The van der Waals surface area contributed by atoms with Gasteiger partial charge < -0.3 is 9.84 Å². The van der Waals surface area contributed by atoms with Crippen molar-refractivity contribution in [3.63, 3.8) is 0 Å². The van der Waals surface area contributed by atoms with Gasteiger partial charge in [-0.25, -0.2) is 4.90 Å². The Hall–Kier alpha value is -3.08. The Morgan fingerprint density at radius 1 is 0.917 bits per heavy atom. The lowest BCUT2D eigenvalue weighted by Gasteiger charge is -2.20. The van der Waals surface area contributed by atoms with Crippen molar-refractivity contribution in [1.82, 2.24) is 0 Å². The topological polar surface area (TPSA) is 66.8 Å². The highest BCUT2D eigenvalue weighted by atomic mass is 16.5. The number of amides is 2. The van der Waals surface area contributed by atoms with Crippen LogP contribution in [0.5, 0.6) is 5.75 Å². The molecule has 24 heavy (non-hydrogen) atoms. The van der Waals surface area contributed by atoms with Crippen molar-refractivity contribution in [3.8, 4) is 5.75 Å². The predicted molar refractivity (Wildman–Crippen MR) is 90.7 cm³/mol. The average Bonchev–Trinajstić information content (AvgIpc) is 2.78. The zero-order valence-corrected chi connectivity index (χ0v) is 13.4. The Balaban J connectivity index is 2.05. The van der Waals surface area contributed by atoms with Gasteiger partial charge >= 0.3 is 5.91 Å². The first kappa shape index (κ1) is 15.8. The monoisotopic (exact) mass is 323 g/mol. The second kappa shape index (κ2) is 6.20. The molecule has 0 fully saturated rings. The van der Waals surface area contributed by atoms with E-state index in [1.54, 1.807) is 54.6 Å². The summed E-state index contributed by atoms with van der Waals surface area (Å²) in [5.41, 5.74) is 0.816. The van der Waals surface area contributed by atoms with Gasteiger partial charge in [-0.1, -0.05) is 42.5 Å². The van der Waals surface area contributed by atoms with Crippen LogP contribution in [-0.2, 0) is 9.59 Å². The molecule has 5 heteroatoms. The van der Waals surface area contributed by atoms with Gasteiger partial charge in [-0.15, -0.1) is 0 Å². The maximum atomic E-state index is 12.8. The number of carbonyl (C=O) groups is 2. The summed E-state index contributed by atoms with van der Waals surface area (Å²) in [7, 11) is 0. The summed E-state index contributed by atoms with van der Waals surface area (Å²) in [6.45, 7) is 3.71. The van der Waals surface area contributed by atoms with Crippen molar-refractivity contribution < 1.29 is 19.4 Å². The fourth-order valence-electron chi connectivity index (χ4n) is 2.60. The lowest BCUT2D eigenvalue weighted by Crippen LogP contribution is -2.32. The van der Waals surface area contributed by atoms with Crippen LogP contribution in [0.15, 0.2) is 60.4 Å². The molecule has 122 valence electrons. The van der Waals surface area contributed by atoms with Crippen LogP contribution >= 0.6 is 0 Å². The molecule has 0 saturated carbocycles. The quantitative estimate of drug-likeness (QED) is 0.877. The number of para-hydroxylation sites is 2. The van der Waals surface area contributed by atoms with Crippen molar-refractivity contribution in [2.24, 2.45) is 0 Å². The van der Waals surface area contributed by atoms with E-state index < -0.39 is 17.6 Å². The number of nitrogens with zero attached hydrogens (tertiary/aromatic N) is 1. The molecular formula is C19H17NO4. The Labute approximate surface area is 139 Å². The number of anilines is 1. The van der Waals surface area contributed by atoms with Crippen LogP contribution in [0.3, 0.4) is 0 Å². The Bertz CT molecular complexity index is 824. The Morgan fingerprint density at radius 2 is 1.54 bits per heavy atom. The van der Waals surface area contributed by atoms with Crippen molar-refractivity contribution in [3.05, 3.63) is 65.9 Å². The average molecular weight is 323 g/mol. The first-order chi connectivity index (χ1) is 11.5. The lowest BCUT2D eigenvalue weighted by molar-refractivity contribution is -0.121. The van der Waals surface area contributed by atoms with Gasteiger partial charge in [0.15, 0.2) is 5.76 Å². The van der Waals surface area contributed by atoms with Crippen molar-refractivity contribution in [2.45, 2.75) is 20.0 Å². The van der Waals surface area contributed by atoms with Gasteiger partial charge in [0.25, 0.3) is 5.91 Å². The number of ether oxygens (including phenoxy) is 1. The minimum Gasteiger partial charge on any atom is -0.502 e. The second-order valence-electron chi connectivity index (χ2n) is 5.67. The number of carbonyl (C=O) groups excluding carboxylic acids is 2. The normalized spacial score (nSPS) is 14.7. The first-order valence-corrected chi connectivity index (χ1v) is 7.64. The second-order valence-corrected chi connectivity index (χ2v) is 5.67. The maximum Gasteiger partial charge on any atom is 0.301 e. The van der Waals surface area contributed by atoms with Crippen LogP contribution in [0, 0.1) is 0 Å². The van der Waals surface area contributed by atoms with Gasteiger partial charge in [-0.2, -0.15) is 0 Å². The zero-order chi connectivity index (χ0) is 17.3. The van der Waals surface area contributed by atoms with Crippen molar-refractivity contribution in [1.29, 1.82) is 0 Å². The van der Waals surface area contributed by atoms with Gasteiger partial charge in [0.2, 0.25) is 0 Å². The molecule has 5 nitrogen and oxygen atoms in total. The van der Waals surface area contributed by atoms with E-state index >= 15 is 0 Å². The molecule has 1 aliphatic heterocycles. The zero-order valence-electron chi connectivity index (χ0n) is 13.4. The maximum absolute atomic E-state index is 12.8. The van der Waals surface area contributed by atoms with E-state index in [1.165, 1.54) is 0 Å². The van der Waals surface area contributed by atoms with E-state index in [2.05, 4.69) is 0 Å². The predicted octanol–water partition coefficient (Wildman–Crippen LogP) is 3.32. The van der Waals surface area contributed by atoms with Gasteiger partial charge in [0.05, 0.1) is 17.4 Å². The summed E-state index contributed by atoms with van der Waals surface area (Å²) < 4.78 is 5.68. The molecule has 3 rings (SSSR count). The molecule has 0 aromatic heterocycles. The van der Waals surface area contributed by atoms with Gasteiger partial charge in [0.1, 0.15) is 5.75 Å². The number of imide groups is 1. The van der Waals surface area contributed by atoms with Crippen LogP contribution < -0.4 is 9.64 Å². The number of aliphatic hydroxyl groups excluding tert-OH is 1. The SMILES string of the molecule is CC(C)Oc1ccccc1N1C(=O)C(O)=C(c2ccccc2)C1=O. The number of benzene rings is 2. The van der Waals surface area contributed by atoms with E-state index in [-0.39, 0.29) is 11.7 Å². The van der Waals surface area contributed by atoms with Gasteiger partial charge in [-0.05, 0) is 31.5 Å². The molecule has 0 bridgehead atoms. The largest absolute Gasteiger partial charge is 0.502 e. The van der Waals surface area contributed by atoms with Crippen LogP contribution in [0.1, 0.15) is 19.4 Å². The third-order valence-electron chi connectivity index (χ3n) is 3.59. The minimum absolute atomic E-state index is 0.0000463. The summed E-state index contributed by atoms with van der Waals surface area (Å²) in [4.78, 5) is 26.2. The summed E-state index contributed by atoms with van der Waals surface area (Å²) in [5, 5.41) is 10.2. The standard InChI is InChI=1S/C19H17NO4/c1-12(2)24-15-11-7-6-10-14(15)20-18(22)16(17(21)19(20)23)13-8-4-3-5-9-13/h3-12,21H,1-2H3. The van der Waals surface area contributed by atoms with E-state index in [9.17, 15) is 14.7 Å². The highest BCUT2D eigenvalue weighted by Gasteiger charge is 2.41. The van der Waals surface area contributed by atoms with Crippen molar-refractivity contribution in [2.75, 3.05) is 4.90 Å². The summed E-state index contributed by atoms with van der Waals surface area (Å²) in [6.07, 6.45) is -0.117. The van der Waals surface area contributed by atoms with Crippen LogP contribution in [0.2, 0.25) is 0 Å². The fourth-order valence-corrected chi connectivity index (χ4v) is 2.60. The summed E-state index contributed by atoms with van der Waals surface area (Å²) in [6, 6.07) is 15.4. The molecule has 2 aromatic rings.